The summed E-state index contributed by atoms with van der Waals surface area (Å²) in [6, 6.07) is 5.16. The molecule has 1 N–H and O–H groups in total. The van der Waals surface area contributed by atoms with Crippen molar-refractivity contribution in [3.8, 4) is 11.5 Å². The summed E-state index contributed by atoms with van der Waals surface area (Å²) in [5.74, 6) is 0.217. The van der Waals surface area contributed by atoms with Gasteiger partial charge in [0.05, 0.1) is 0 Å². The number of hydrogen-bond acceptors (Lipinski definition) is 3. The maximum Gasteiger partial charge on any atom is 0.586 e. The molecule has 1 saturated heterocycles. The van der Waals surface area contributed by atoms with E-state index in [1.807, 2.05) is 0 Å². The fraction of sp³-hybridized carbons (Fsp3) is 0.400. The number of rotatable bonds is 1. The molecule has 0 radical (unpaired) electrons. The molecule has 3 nitrogen and oxygen atoms in total. The first-order valence-corrected chi connectivity index (χ1v) is 4.77. The van der Waals surface area contributed by atoms with Crippen molar-refractivity contribution in [1.82, 2.24) is 5.32 Å². The Balaban J connectivity index is 1.91. The van der Waals surface area contributed by atoms with Crippen molar-refractivity contribution in [3.63, 3.8) is 0 Å². The maximum absolute atomic E-state index is 12.7. The summed E-state index contributed by atoms with van der Waals surface area (Å²) in [6.45, 7) is 0.968. The number of nitrogens with one attached hydrogen (secondary N) is 1. The number of alkyl halides is 2. The molecule has 0 bridgehead atoms. The summed E-state index contributed by atoms with van der Waals surface area (Å²) in [4.78, 5) is 0. The third kappa shape index (κ3) is 1.43. The van der Waals surface area contributed by atoms with Crippen LogP contribution in [0.3, 0.4) is 0 Å². The Morgan fingerprint density at radius 2 is 2.00 bits per heavy atom. The van der Waals surface area contributed by atoms with Crippen molar-refractivity contribution in [1.29, 1.82) is 0 Å². The Bertz CT molecular complexity index is 404. The van der Waals surface area contributed by atoms with Gasteiger partial charge in [0.25, 0.3) is 0 Å². The predicted molar refractivity (Wildman–Crippen MR) is 48.0 cm³/mol. The Hall–Kier alpha value is -1.36. The molecule has 0 amide bonds. The zero-order valence-electron chi connectivity index (χ0n) is 7.80. The molecule has 5 heteroatoms. The Morgan fingerprint density at radius 1 is 1.27 bits per heavy atom. The van der Waals surface area contributed by atoms with Gasteiger partial charge in [0.15, 0.2) is 11.5 Å². The van der Waals surface area contributed by atoms with Crippen LogP contribution in [0.2, 0.25) is 0 Å². The second-order valence-electron chi connectivity index (χ2n) is 3.67. The van der Waals surface area contributed by atoms with Crippen LogP contribution in [0.25, 0.3) is 0 Å². The minimum absolute atomic E-state index is 0.100. The van der Waals surface area contributed by atoms with Crippen LogP contribution in [0, 0.1) is 0 Å². The Kier molecular flexibility index (Phi) is 1.68. The molecular formula is C10H9F2NO2. The van der Waals surface area contributed by atoms with Gasteiger partial charge in [0, 0.05) is 6.04 Å². The lowest BCUT2D eigenvalue weighted by molar-refractivity contribution is -0.286. The van der Waals surface area contributed by atoms with Crippen molar-refractivity contribution in [2.24, 2.45) is 0 Å². The SMILES string of the molecule is FC1(F)Oc2ccc([C@@H]3CCN3)cc2O1. The lowest BCUT2D eigenvalue weighted by Crippen LogP contribution is -2.34. The van der Waals surface area contributed by atoms with E-state index >= 15 is 0 Å². The molecule has 0 spiro atoms. The number of halogens is 2. The zero-order valence-corrected chi connectivity index (χ0v) is 7.80. The molecule has 1 aromatic rings. The average Bonchev–Trinajstić information content (AvgIpc) is 2.34. The predicted octanol–water partition coefficient (Wildman–Crippen LogP) is 2.04. The number of benzene rings is 1. The molecule has 1 atom stereocenters. The summed E-state index contributed by atoms with van der Waals surface area (Å²) < 4.78 is 34.1. The highest BCUT2D eigenvalue weighted by Crippen LogP contribution is 2.42. The quantitative estimate of drug-likeness (QED) is 0.774. The van der Waals surface area contributed by atoms with Crippen LogP contribution in [0.15, 0.2) is 18.2 Å². The first-order chi connectivity index (χ1) is 7.14. The van der Waals surface area contributed by atoms with Crippen LogP contribution in [-0.2, 0) is 0 Å². The van der Waals surface area contributed by atoms with Crippen LogP contribution < -0.4 is 14.8 Å². The molecule has 3 rings (SSSR count). The topological polar surface area (TPSA) is 30.5 Å². The van der Waals surface area contributed by atoms with Gasteiger partial charge in [-0.15, -0.1) is 8.78 Å². The van der Waals surface area contributed by atoms with Gasteiger partial charge >= 0.3 is 6.29 Å². The van der Waals surface area contributed by atoms with Crippen LogP contribution in [0.1, 0.15) is 18.0 Å². The van der Waals surface area contributed by atoms with Gasteiger partial charge in [-0.2, -0.15) is 0 Å². The van der Waals surface area contributed by atoms with Crippen LogP contribution in [0.4, 0.5) is 8.78 Å². The highest BCUT2D eigenvalue weighted by molar-refractivity contribution is 5.46. The summed E-state index contributed by atoms with van der Waals surface area (Å²) >= 11 is 0. The van der Waals surface area contributed by atoms with Crippen molar-refractivity contribution in [3.05, 3.63) is 23.8 Å². The molecule has 1 aromatic carbocycles. The fourth-order valence-electron chi connectivity index (χ4n) is 1.76. The van der Waals surface area contributed by atoms with Gasteiger partial charge in [-0.3, -0.25) is 0 Å². The minimum Gasteiger partial charge on any atom is -0.395 e. The average molecular weight is 213 g/mol. The molecule has 0 unspecified atom stereocenters. The maximum atomic E-state index is 12.7. The molecule has 2 aliphatic rings. The first-order valence-electron chi connectivity index (χ1n) is 4.77. The standard InChI is InChI=1S/C10H9F2NO2/c11-10(12)14-8-2-1-6(5-9(8)15-10)7-3-4-13-7/h1-2,5,7,13H,3-4H2/t7-/m0/s1. The first kappa shape index (κ1) is 8.91. The van der Waals surface area contributed by atoms with E-state index in [-0.39, 0.29) is 17.5 Å². The van der Waals surface area contributed by atoms with Crippen LogP contribution >= 0.6 is 0 Å². The number of ether oxygens (including phenoxy) is 2. The molecule has 0 aliphatic carbocycles. The third-order valence-corrected chi connectivity index (χ3v) is 2.65. The normalized spacial score (nSPS) is 26.1. The monoisotopic (exact) mass is 213 g/mol. The van der Waals surface area contributed by atoms with E-state index in [0.29, 0.717) is 0 Å². The van der Waals surface area contributed by atoms with Crippen molar-refractivity contribution >= 4 is 0 Å². The van der Waals surface area contributed by atoms with Gasteiger partial charge in [-0.25, -0.2) is 0 Å². The van der Waals surface area contributed by atoms with E-state index in [0.717, 1.165) is 18.5 Å². The third-order valence-electron chi connectivity index (χ3n) is 2.65. The van der Waals surface area contributed by atoms with E-state index in [9.17, 15) is 8.78 Å². The fourth-order valence-corrected chi connectivity index (χ4v) is 1.76. The van der Waals surface area contributed by atoms with Gasteiger partial charge in [-0.05, 0) is 30.7 Å². The summed E-state index contributed by atoms with van der Waals surface area (Å²) in [7, 11) is 0. The summed E-state index contributed by atoms with van der Waals surface area (Å²) in [5, 5.41) is 3.19. The second kappa shape index (κ2) is 2.82. The minimum atomic E-state index is -3.52. The summed E-state index contributed by atoms with van der Waals surface area (Å²) in [6.07, 6.45) is -2.50. The lowest BCUT2D eigenvalue weighted by Gasteiger charge is -2.27. The van der Waals surface area contributed by atoms with Gasteiger partial charge in [0.1, 0.15) is 0 Å². The van der Waals surface area contributed by atoms with Crippen molar-refractivity contribution < 1.29 is 18.3 Å². The van der Waals surface area contributed by atoms with Crippen molar-refractivity contribution in [2.75, 3.05) is 6.54 Å². The number of fused-ring (bicyclic) bond motifs is 1. The van der Waals surface area contributed by atoms with E-state index in [1.165, 1.54) is 6.07 Å². The molecule has 0 aromatic heterocycles. The van der Waals surface area contributed by atoms with E-state index in [4.69, 9.17) is 0 Å². The molecule has 15 heavy (non-hydrogen) atoms. The van der Waals surface area contributed by atoms with Gasteiger partial charge < -0.3 is 14.8 Å². The molecule has 0 saturated carbocycles. The molecule has 1 fully saturated rings. The lowest BCUT2D eigenvalue weighted by atomic mass is 9.98. The summed E-state index contributed by atoms with van der Waals surface area (Å²) in [5.41, 5.74) is 0.960. The highest BCUT2D eigenvalue weighted by Gasteiger charge is 2.43. The van der Waals surface area contributed by atoms with Crippen LogP contribution in [0.5, 0.6) is 11.5 Å². The van der Waals surface area contributed by atoms with E-state index < -0.39 is 6.29 Å². The number of hydrogen-bond donors (Lipinski definition) is 1. The second-order valence-corrected chi connectivity index (χ2v) is 3.67. The zero-order chi connectivity index (χ0) is 10.5. The Labute approximate surface area is 85.0 Å². The molecule has 2 heterocycles. The van der Waals surface area contributed by atoms with E-state index in [2.05, 4.69) is 14.8 Å². The van der Waals surface area contributed by atoms with Crippen molar-refractivity contribution in [2.45, 2.75) is 18.8 Å². The van der Waals surface area contributed by atoms with Gasteiger partial charge in [0.2, 0.25) is 0 Å². The molecule has 2 aliphatic heterocycles. The van der Waals surface area contributed by atoms with Gasteiger partial charge in [-0.1, -0.05) is 6.07 Å². The Morgan fingerprint density at radius 3 is 2.67 bits per heavy atom. The van der Waals surface area contributed by atoms with Crippen LogP contribution in [-0.4, -0.2) is 12.8 Å². The molecule has 80 valence electrons. The smallest absolute Gasteiger partial charge is 0.395 e. The largest absolute Gasteiger partial charge is 0.586 e. The van der Waals surface area contributed by atoms with E-state index in [1.54, 1.807) is 12.1 Å². The molecular weight excluding hydrogens is 204 g/mol. The highest BCUT2D eigenvalue weighted by atomic mass is 19.3.